The molecule has 0 unspecified atom stereocenters. The van der Waals surface area contributed by atoms with E-state index in [1.165, 1.54) is 0 Å². The van der Waals surface area contributed by atoms with Gasteiger partial charge in [-0.2, -0.15) is 15.0 Å². The molecule has 100 valence electrons. The molecule has 2 rings (SSSR count). The van der Waals surface area contributed by atoms with E-state index in [1.54, 1.807) is 6.20 Å². The van der Waals surface area contributed by atoms with E-state index < -0.39 is 0 Å². The number of aryl methyl sites for hydroxylation is 1. The molecule has 0 atom stereocenters. The van der Waals surface area contributed by atoms with Crippen LogP contribution in [0.1, 0.15) is 18.4 Å². The summed E-state index contributed by atoms with van der Waals surface area (Å²) in [5.41, 5.74) is 0.835. The Kier molecular flexibility index (Phi) is 4.40. The van der Waals surface area contributed by atoms with Crippen LogP contribution in [0.2, 0.25) is 5.28 Å². The second-order valence-corrected chi connectivity index (χ2v) is 3.93. The summed E-state index contributed by atoms with van der Waals surface area (Å²) in [7, 11) is 0. The van der Waals surface area contributed by atoms with Gasteiger partial charge >= 0.3 is 6.01 Å². The Hall–Kier alpha value is -2.02. The predicted octanol–water partition coefficient (Wildman–Crippen LogP) is 1.63. The zero-order valence-corrected chi connectivity index (χ0v) is 11.3. The summed E-state index contributed by atoms with van der Waals surface area (Å²) in [6.45, 7) is 4.60. The van der Waals surface area contributed by atoms with Crippen LogP contribution in [0.25, 0.3) is 0 Å². The summed E-state index contributed by atoms with van der Waals surface area (Å²) >= 11 is 5.78. The van der Waals surface area contributed by atoms with Gasteiger partial charge in [0.15, 0.2) is 0 Å². The van der Waals surface area contributed by atoms with Crippen LogP contribution in [-0.2, 0) is 6.54 Å². The van der Waals surface area contributed by atoms with Crippen molar-refractivity contribution in [3.63, 3.8) is 0 Å². The molecule has 8 heteroatoms. The summed E-state index contributed by atoms with van der Waals surface area (Å²) in [6.07, 6.45) is 1.70. The standard InChI is InChI=1S/C11H13ClN6O/c1-3-19-11-17-9(12)16-10(18-11)14-6-8-4-5-13-7(2)15-8/h4-5H,3,6H2,1-2H3,(H,14,16,17,18). The topological polar surface area (TPSA) is 85.7 Å². The molecule has 19 heavy (non-hydrogen) atoms. The molecular weight excluding hydrogens is 268 g/mol. The molecule has 7 nitrogen and oxygen atoms in total. The lowest BCUT2D eigenvalue weighted by Crippen LogP contribution is -2.08. The van der Waals surface area contributed by atoms with Gasteiger partial charge in [-0.05, 0) is 31.5 Å². The average molecular weight is 281 g/mol. The van der Waals surface area contributed by atoms with Crippen LogP contribution >= 0.6 is 11.6 Å². The number of halogens is 1. The molecule has 0 radical (unpaired) electrons. The molecule has 2 aromatic rings. The van der Waals surface area contributed by atoms with Crippen molar-refractivity contribution in [3.05, 3.63) is 29.1 Å². The Morgan fingerprint density at radius 1 is 1.26 bits per heavy atom. The first-order chi connectivity index (χ1) is 9.17. The minimum absolute atomic E-state index is 0.0832. The molecule has 2 heterocycles. The van der Waals surface area contributed by atoms with Crippen LogP contribution in [0.3, 0.4) is 0 Å². The Morgan fingerprint density at radius 2 is 2.11 bits per heavy atom. The number of hydrogen-bond acceptors (Lipinski definition) is 7. The molecule has 0 spiro atoms. The highest BCUT2D eigenvalue weighted by Gasteiger charge is 2.05. The van der Waals surface area contributed by atoms with E-state index in [0.29, 0.717) is 24.9 Å². The van der Waals surface area contributed by atoms with Crippen molar-refractivity contribution in [2.24, 2.45) is 0 Å². The molecule has 0 aliphatic heterocycles. The smallest absolute Gasteiger partial charge is 0.322 e. The van der Waals surface area contributed by atoms with Gasteiger partial charge in [0, 0.05) is 6.20 Å². The Balaban J connectivity index is 2.06. The van der Waals surface area contributed by atoms with Crippen molar-refractivity contribution in [2.45, 2.75) is 20.4 Å². The molecule has 0 amide bonds. The SMILES string of the molecule is CCOc1nc(Cl)nc(NCc2ccnc(C)n2)n1. The van der Waals surface area contributed by atoms with E-state index in [4.69, 9.17) is 16.3 Å². The van der Waals surface area contributed by atoms with Crippen molar-refractivity contribution in [3.8, 4) is 6.01 Å². The number of hydrogen-bond donors (Lipinski definition) is 1. The van der Waals surface area contributed by atoms with E-state index in [9.17, 15) is 0 Å². The Morgan fingerprint density at radius 3 is 2.84 bits per heavy atom. The molecule has 0 fully saturated rings. The first kappa shape index (κ1) is 13.4. The van der Waals surface area contributed by atoms with Gasteiger partial charge in [-0.3, -0.25) is 0 Å². The summed E-state index contributed by atoms with van der Waals surface area (Å²) in [6, 6.07) is 2.01. The van der Waals surface area contributed by atoms with Gasteiger partial charge in [0.05, 0.1) is 18.8 Å². The van der Waals surface area contributed by atoms with Crippen molar-refractivity contribution in [1.82, 2.24) is 24.9 Å². The maximum atomic E-state index is 5.78. The Labute approximate surface area is 115 Å². The van der Waals surface area contributed by atoms with Crippen LogP contribution in [-0.4, -0.2) is 31.5 Å². The number of nitrogens with zero attached hydrogens (tertiary/aromatic N) is 5. The fourth-order valence-electron chi connectivity index (χ4n) is 1.38. The van der Waals surface area contributed by atoms with Gasteiger partial charge in [-0.25, -0.2) is 9.97 Å². The molecule has 0 aromatic carbocycles. The highest BCUT2D eigenvalue weighted by molar-refractivity contribution is 6.28. The molecular formula is C11H13ClN6O. The van der Waals surface area contributed by atoms with Gasteiger partial charge in [0.2, 0.25) is 11.2 Å². The van der Waals surface area contributed by atoms with Crippen molar-refractivity contribution in [2.75, 3.05) is 11.9 Å². The summed E-state index contributed by atoms with van der Waals surface area (Å²) in [4.78, 5) is 20.2. The fourth-order valence-corrected chi connectivity index (χ4v) is 1.53. The molecule has 0 aliphatic carbocycles. The number of ether oxygens (including phenoxy) is 1. The minimum atomic E-state index is 0.0832. The number of rotatable bonds is 5. The summed E-state index contributed by atoms with van der Waals surface area (Å²) in [5, 5.41) is 3.09. The monoisotopic (exact) mass is 280 g/mol. The van der Waals surface area contributed by atoms with Crippen molar-refractivity contribution >= 4 is 17.5 Å². The van der Waals surface area contributed by atoms with Crippen LogP contribution in [0.15, 0.2) is 12.3 Å². The molecule has 0 aliphatic rings. The van der Waals surface area contributed by atoms with Gasteiger partial charge in [-0.15, -0.1) is 0 Å². The highest BCUT2D eigenvalue weighted by Crippen LogP contribution is 2.11. The maximum Gasteiger partial charge on any atom is 0.322 e. The molecule has 1 N–H and O–H groups in total. The molecule has 0 saturated carbocycles. The highest BCUT2D eigenvalue weighted by atomic mass is 35.5. The van der Waals surface area contributed by atoms with Crippen LogP contribution in [0.4, 0.5) is 5.95 Å². The van der Waals surface area contributed by atoms with Gasteiger partial charge in [-0.1, -0.05) is 0 Å². The maximum absolute atomic E-state index is 5.78. The first-order valence-electron chi connectivity index (χ1n) is 5.74. The largest absolute Gasteiger partial charge is 0.464 e. The third-order valence-electron chi connectivity index (χ3n) is 2.12. The van der Waals surface area contributed by atoms with Gasteiger partial charge < -0.3 is 10.1 Å². The van der Waals surface area contributed by atoms with Gasteiger partial charge in [0.25, 0.3) is 0 Å². The number of nitrogens with one attached hydrogen (secondary N) is 1. The normalized spacial score (nSPS) is 10.3. The molecule has 0 saturated heterocycles. The van der Waals surface area contributed by atoms with E-state index >= 15 is 0 Å². The molecule has 0 bridgehead atoms. The van der Waals surface area contributed by atoms with E-state index in [1.807, 2.05) is 19.9 Å². The lowest BCUT2D eigenvalue weighted by molar-refractivity contribution is 0.312. The second-order valence-electron chi connectivity index (χ2n) is 3.59. The lowest BCUT2D eigenvalue weighted by atomic mass is 10.4. The van der Waals surface area contributed by atoms with Gasteiger partial charge in [0.1, 0.15) is 5.82 Å². The van der Waals surface area contributed by atoms with Crippen molar-refractivity contribution < 1.29 is 4.74 Å². The Bertz CT molecular complexity index is 565. The number of aromatic nitrogens is 5. The molecule has 2 aromatic heterocycles. The predicted molar refractivity (Wildman–Crippen MR) is 70.1 cm³/mol. The van der Waals surface area contributed by atoms with E-state index in [2.05, 4.69) is 30.2 Å². The van der Waals surface area contributed by atoms with E-state index in [0.717, 1.165) is 5.69 Å². The van der Waals surface area contributed by atoms with Crippen LogP contribution < -0.4 is 10.1 Å². The fraction of sp³-hybridized carbons (Fsp3) is 0.364. The minimum Gasteiger partial charge on any atom is -0.464 e. The second kappa shape index (κ2) is 6.24. The van der Waals surface area contributed by atoms with Crippen molar-refractivity contribution in [1.29, 1.82) is 0 Å². The zero-order valence-electron chi connectivity index (χ0n) is 10.6. The quantitative estimate of drug-likeness (QED) is 0.891. The van der Waals surface area contributed by atoms with E-state index in [-0.39, 0.29) is 11.3 Å². The summed E-state index contributed by atoms with van der Waals surface area (Å²) < 4.78 is 5.19. The number of anilines is 1. The summed E-state index contributed by atoms with van der Waals surface area (Å²) in [5.74, 6) is 1.06. The third-order valence-corrected chi connectivity index (χ3v) is 2.29. The lowest BCUT2D eigenvalue weighted by Gasteiger charge is -2.06. The first-order valence-corrected chi connectivity index (χ1v) is 6.12. The van der Waals surface area contributed by atoms with Crippen LogP contribution in [0, 0.1) is 6.92 Å². The van der Waals surface area contributed by atoms with Crippen LogP contribution in [0.5, 0.6) is 6.01 Å². The average Bonchev–Trinajstić information content (AvgIpc) is 2.36. The zero-order chi connectivity index (χ0) is 13.7. The third kappa shape index (κ3) is 3.99.